The normalized spacial score (nSPS) is 13.1. The largest absolute Gasteiger partial charge is 0.456 e. The molecule has 10 rings (SSSR count). The number of hydrogen-bond acceptors (Lipinski definition) is 2. The molecule has 242 valence electrons. The molecule has 1 aliphatic rings. The molecular formula is C49H35NO. The summed E-state index contributed by atoms with van der Waals surface area (Å²) >= 11 is 0. The maximum Gasteiger partial charge on any atom is 0.137 e. The Balaban J connectivity index is 1.28. The van der Waals surface area contributed by atoms with Crippen molar-refractivity contribution in [2.24, 2.45) is 0 Å². The summed E-state index contributed by atoms with van der Waals surface area (Å²) < 4.78 is 6.47. The van der Waals surface area contributed by atoms with Crippen LogP contribution < -0.4 is 4.90 Å². The molecule has 9 aromatic rings. The summed E-state index contributed by atoms with van der Waals surface area (Å²) in [6.07, 6.45) is 0. The number of fused-ring (bicyclic) bond motifs is 7. The molecule has 2 nitrogen and oxygen atoms in total. The predicted octanol–water partition coefficient (Wildman–Crippen LogP) is 13.8. The van der Waals surface area contributed by atoms with Gasteiger partial charge in [-0.3, -0.25) is 0 Å². The standard InChI is InChI=1S/C49H35NO/c1-49(2)41-24-9-6-19-36(41)37-30-29-34(31-42(37)49)50(44-26-14-28-46-48(44)40-21-8-11-27-45(40)51-46)43-25-10-7-20-38(43)39-23-13-18-33-17-12-22-35(47(33)39)32-15-4-3-5-16-32/h3-31H,1-2H3. The highest BCUT2D eigenvalue weighted by Crippen LogP contribution is 2.52. The molecule has 0 amide bonds. The van der Waals surface area contributed by atoms with Gasteiger partial charge in [0, 0.05) is 22.1 Å². The van der Waals surface area contributed by atoms with Gasteiger partial charge in [-0.15, -0.1) is 0 Å². The quantitative estimate of drug-likeness (QED) is 0.184. The monoisotopic (exact) mass is 653 g/mol. The van der Waals surface area contributed by atoms with Crippen molar-refractivity contribution >= 4 is 49.8 Å². The lowest BCUT2D eigenvalue weighted by Crippen LogP contribution is -2.17. The summed E-state index contributed by atoms with van der Waals surface area (Å²) in [5, 5.41) is 4.68. The van der Waals surface area contributed by atoms with Crippen LogP contribution >= 0.6 is 0 Å². The molecule has 0 spiro atoms. The van der Waals surface area contributed by atoms with E-state index in [9.17, 15) is 0 Å². The molecule has 8 aromatic carbocycles. The zero-order valence-corrected chi connectivity index (χ0v) is 28.6. The number of benzene rings is 8. The molecule has 51 heavy (non-hydrogen) atoms. The summed E-state index contributed by atoms with van der Waals surface area (Å²) in [5.74, 6) is 0. The van der Waals surface area contributed by atoms with Gasteiger partial charge >= 0.3 is 0 Å². The minimum Gasteiger partial charge on any atom is -0.456 e. The van der Waals surface area contributed by atoms with E-state index in [-0.39, 0.29) is 5.41 Å². The first-order valence-electron chi connectivity index (χ1n) is 17.7. The van der Waals surface area contributed by atoms with Crippen molar-refractivity contribution < 1.29 is 4.42 Å². The van der Waals surface area contributed by atoms with Crippen molar-refractivity contribution in [3.8, 4) is 33.4 Å². The van der Waals surface area contributed by atoms with E-state index in [1.54, 1.807) is 0 Å². The van der Waals surface area contributed by atoms with E-state index in [0.717, 1.165) is 39.0 Å². The highest BCUT2D eigenvalue weighted by molar-refractivity contribution is 6.15. The van der Waals surface area contributed by atoms with Crippen LogP contribution in [0.1, 0.15) is 25.0 Å². The van der Waals surface area contributed by atoms with Gasteiger partial charge in [-0.25, -0.2) is 0 Å². The number of nitrogens with zero attached hydrogens (tertiary/aromatic N) is 1. The van der Waals surface area contributed by atoms with Crippen molar-refractivity contribution in [1.29, 1.82) is 0 Å². The second-order valence-electron chi connectivity index (χ2n) is 14.1. The minimum atomic E-state index is -0.137. The Labute approximate surface area is 297 Å². The van der Waals surface area contributed by atoms with Gasteiger partial charge in [-0.1, -0.05) is 153 Å². The molecule has 1 aromatic heterocycles. The van der Waals surface area contributed by atoms with Crippen LogP contribution in [0.15, 0.2) is 180 Å². The third-order valence-corrected chi connectivity index (χ3v) is 10.9. The molecular weight excluding hydrogens is 619 g/mol. The first-order valence-corrected chi connectivity index (χ1v) is 17.7. The Morgan fingerprint density at radius 3 is 1.92 bits per heavy atom. The lowest BCUT2D eigenvalue weighted by Gasteiger charge is -2.30. The van der Waals surface area contributed by atoms with Gasteiger partial charge in [0.25, 0.3) is 0 Å². The molecule has 0 N–H and O–H groups in total. The zero-order valence-electron chi connectivity index (χ0n) is 28.6. The number of hydrogen-bond donors (Lipinski definition) is 0. The van der Waals surface area contributed by atoms with Crippen LogP contribution in [0.3, 0.4) is 0 Å². The number of rotatable bonds is 5. The van der Waals surface area contributed by atoms with Crippen LogP contribution in [0, 0.1) is 0 Å². The van der Waals surface area contributed by atoms with E-state index in [4.69, 9.17) is 4.42 Å². The van der Waals surface area contributed by atoms with Crippen LogP contribution in [0.5, 0.6) is 0 Å². The summed E-state index contributed by atoms with van der Waals surface area (Å²) in [4.78, 5) is 2.46. The zero-order chi connectivity index (χ0) is 34.1. The minimum absolute atomic E-state index is 0.137. The van der Waals surface area contributed by atoms with Gasteiger partial charge in [0.15, 0.2) is 0 Å². The van der Waals surface area contributed by atoms with Crippen molar-refractivity contribution in [2.75, 3.05) is 4.90 Å². The topological polar surface area (TPSA) is 16.4 Å². The Kier molecular flexibility index (Phi) is 6.56. The van der Waals surface area contributed by atoms with E-state index < -0.39 is 0 Å². The number of anilines is 3. The van der Waals surface area contributed by atoms with E-state index in [0.29, 0.717) is 0 Å². The van der Waals surface area contributed by atoms with Crippen LogP contribution in [-0.2, 0) is 5.41 Å². The third kappa shape index (κ3) is 4.50. The maximum absolute atomic E-state index is 6.47. The van der Waals surface area contributed by atoms with E-state index >= 15 is 0 Å². The molecule has 1 aliphatic carbocycles. The van der Waals surface area contributed by atoms with Crippen LogP contribution in [0.25, 0.3) is 66.1 Å². The van der Waals surface area contributed by atoms with Crippen molar-refractivity contribution in [2.45, 2.75) is 19.3 Å². The Bertz CT molecular complexity index is 2780. The van der Waals surface area contributed by atoms with E-state index in [1.165, 1.54) is 55.3 Å². The Morgan fingerprint density at radius 1 is 0.431 bits per heavy atom. The molecule has 0 aliphatic heterocycles. The van der Waals surface area contributed by atoms with Gasteiger partial charge in [-0.05, 0) is 86.1 Å². The predicted molar refractivity (Wildman–Crippen MR) is 214 cm³/mol. The van der Waals surface area contributed by atoms with Gasteiger partial charge in [0.2, 0.25) is 0 Å². The Hall–Kier alpha value is -6.38. The fourth-order valence-electron chi connectivity index (χ4n) is 8.50. The lowest BCUT2D eigenvalue weighted by atomic mass is 9.82. The van der Waals surface area contributed by atoms with Crippen LogP contribution in [-0.4, -0.2) is 0 Å². The maximum atomic E-state index is 6.47. The second kappa shape index (κ2) is 11.3. The van der Waals surface area contributed by atoms with Gasteiger partial charge in [0.1, 0.15) is 11.2 Å². The molecule has 0 saturated carbocycles. The molecule has 0 fully saturated rings. The number of furan rings is 1. The number of para-hydroxylation sites is 2. The fraction of sp³-hybridized carbons (Fsp3) is 0.0612. The summed E-state index contributed by atoms with van der Waals surface area (Å²) in [5.41, 5.74) is 15.1. The van der Waals surface area contributed by atoms with E-state index in [2.05, 4.69) is 189 Å². The van der Waals surface area contributed by atoms with Crippen LogP contribution in [0.4, 0.5) is 17.1 Å². The van der Waals surface area contributed by atoms with Crippen LogP contribution in [0.2, 0.25) is 0 Å². The smallest absolute Gasteiger partial charge is 0.137 e. The van der Waals surface area contributed by atoms with Gasteiger partial charge in [-0.2, -0.15) is 0 Å². The first kappa shape index (κ1) is 29.5. The van der Waals surface area contributed by atoms with E-state index in [1.807, 2.05) is 6.07 Å². The molecule has 0 saturated heterocycles. The van der Waals surface area contributed by atoms with Gasteiger partial charge < -0.3 is 9.32 Å². The molecule has 0 unspecified atom stereocenters. The second-order valence-corrected chi connectivity index (χ2v) is 14.1. The highest BCUT2D eigenvalue weighted by Gasteiger charge is 2.36. The Morgan fingerprint density at radius 2 is 1.06 bits per heavy atom. The lowest BCUT2D eigenvalue weighted by molar-refractivity contribution is 0.660. The SMILES string of the molecule is CC1(C)c2ccccc2-c2ccc(N(c3ccccc3-c3cccc4cccc(-c5ccccc5)c34)c3cccc4oc5ccccc5c34)cc21. The highest BCUT2D eigenvalue weighted by atomic mass is 16.3. The molecule has 0 radical (unpaired) electrons. The first-order chi connectivity index (χ1) is 25.1. The summed E-state index contributed by atoms with van der Waals surface area (Å²) in [6, 6.07) is 63.7. The van der Waals surface area contributed by atoms with Crippen molar-refractivity contribution in [1.82, 2.24) is 0 Å². The fourth-order valence-corrected chi connectivity index (χ4v) is 8.50. The summed E-state index contributed by atoms with van der Waals surface area (Å²) in [7, 11) is 0. The van der Waals surface area contributed by atoms with Crippen molar-refractivity contribution in [3.63, 3.8) is 0 Å². The van der Waals surface area contributed by atoms with Gasteiger partial charge in [0.05, 0.1) is 16.8 Å². The average molecular weight is 654 g/mol. The summed E-state index contributed by atoms with van der Waals surface area (Å²) in [6.45, 7) is 4.70. The molecule has 0 bridgehead atoms. The third-order valence-electron chi connectivity index (χ3n) is 10.9. The van der Waals surface area contributed by atoms with Crippen molar-refractivity contribution in [3.05, 3.63) is 187 Å². The molecule has 1 heterocycles. The molecule has 2 heteroatoms. The molecule has 0 atom stereocenters. The average Bonchev–Trinajstić information content (AvgIpc) is 3.67.